The number of rotatable bonds is 3. The number of hydrogen-bond acceptors (Lipinski definition) is 2. The van der Waals surface area contributed by atoms with Crippen molar-refractivity contribution in [3.8, 4) is 0 Å². The topological polar surface area (TPSA) is 33.4 Å². The second-order valence-corrected chi connectivity index (χ2v) is 5.01. The molecule has 102 valence electrons. The first-order chi connectivity index (χ1) is 9.65. The van der Waals surface area contributed by atoms with Crippen LogP contribution in [0.25, 0.3) is 11.0 Å². The first kappa shape index (κ1) is 13.2. The molecule has 0 aliphatic carbocycles. The predicted octanol–water partition coefficient (Wildman–Crippen LogP) is 4.50. The fourth-order valence-corrected chi connectivity index (χ4v) is 2.43. The van der Waals surface area contributed by atoms with Gasteiger partial charge in [-0.1, -0.05) is 35.9 Å². The van der Waals surface area contributed by atoms with E-state index in [0.717, 1.165) is 5.39 Å². The van der Waals surface area contributed by atoms with Crippen molar-refractivity contribution in [1.29, 1.82) is 0 Å². The molecule has 0 aliphatic rings. The summed E-state index contributed by atoms with van der Waals surface area (Å²) in [6.07, 6.45) is -0.859. The average molecular weight is 291 g/mol. The van der Waals surface area contributed by atoms with E-state index >= 15 is 0 Å². The van der Waals surface area contributed by atoms with E-state index < -0.39 is 11.9 Å². The van der Waals surface area contributed by atoms with Gasteiger partial charge in [-0.2, -0.15) is 0 Å². The Bertz CT molecular complexity index is 698. The van der Waals surface area contributed by atoms with Gasteiger partial charge in [0.05, 0.1) is 0 Å². The molecule has 3 rings (SSSR count). The summed E-state index contributed by atoms with van der Waals surface area (Å²) in [6.45, 7) is 0. The Hall–Kier alpha value is -1.84. The third kappa shape index (κ3) is 2.42. The molecule has 4 heteroatoms. The predicted molar refractivity (Wildman–Crippen MR) is 76.3 cm³/mol. The van der Waals surface area contributed by atoms with Crippen molar-refractivity contribution in [2.24, 2.45) is 0 Å². The number of halogens is 2. The van der Waals surface area contributed by atoms with Crippen LogP contribution in [0.15, 0.2) is 52.9 Å². The lowest BCUT2D eigenvalue weighted by atomic mass is 10.1. The van der Waals surface area contributed by atoms with Crippen LogP contribution in [-0.4, -0.2) is 5.11 Å². The van der Waals surface area contributed by atoms with Gasteiger partial charge in [-0.25, -0.2) is 4.39 Å². The molecule has 1 unspecified atom stereocenters. The third-order valence-electron chi connectivity index (χ3n) is 3.23. The van der Waals surface area contributed by atoms with E-state index in [-0.39, 0.29) is 6.42 Å². The van der Waals surface area contributed by atoms with Gasteiger partial charge in [0.2, 0.25) is 0 Å². The van der Waals surface area contributed by atoms with Crippen LogP contribution in [0.5, 0.6) is 0 Å². The summed E-state index contributed by atoms with van der Waals surface area (Å²) < 4.78 is 19.3. The Morgan fingerprint density at radius 1 is 1.15 bits per heavy atom. The maximum Gasteiger partial charge on any atom is 0.134 e. The summed E-state index contributed by atoms with van der Waals surface area (Å²) >= 11 is 5.96. The molecule has 1 atom stereocenters. The van der Waals surface area contributed by atoms with Gasteiger partial charge in [0.15, 0.2) is 0 Å². The summed E-state index contributed by atoms with van der Waals surface area (Å²) in [7, 11) is 0. The fraction of sp³-hybridized carbons (Fsp3) is 0.125. The van der Waals surface area contributed by atoms with Crippen molar-refractivity contribution in [3.05, 3.63) is 70.7 Å². The van der Waals surface area contributed by atoms with E-state index in [4.69, 9.17) is 16.0 Å². The van der Waals surface area contributed by atoms with Crippen LogP contribution < -0.4 is 0 Å². The molecule has 3 aromatic rings. The lowest BCUT2D eigenvalue weighted by molar-refractivity contribution is 0.151. The second-order valence-electron chi connectivity index (χ2n) is 4.61. The summed E-state index contributed by atoms with van der Waals surface area (Å²) in [5, 5.41) is 11.4. The molecule has 20 heavy (non-hydrogen) atoms. The van der Waals surface area contributed by atoms with Crippen LogP contribution in [0, 0.1) is 5.82 Å². The van der Waals surface area contributed by atoms with Crippen molar-refractivity contribution < 1.29 is 13.9 Å². The average Bonchev–Trinajstić information content (AvgIpc) is 2.87. The third-order valence-corrected chi connectivity index (χ3v) is 3.59. The minimum atomic E-state index is -0.934. The molecule has 0 saturated heterocycles. The Labute approximate surface area is 120 Å². The first-order valence-electron chi connectivity index (χ1n) is 6.24. The number of hydrogen-bond donors (Lipinski definition) is 1. The Balaban J connectivity index is 1.91. The zero-order valence-corrected chi connectivity index (χ0v) is 11.3. The number of benzene rings is 2. The summed E-state index contributed by atoms with van der Waals surface area (Å²) in [4.78, 5) is 0. The molecule has 1 N–H and O–H groups in total. The maximum atomic E-state index is 13.7. The maximum absolute atomic E-state index is 13.7. The molecule has 0 saturated carbocycles. The first-order valence-corrected chi connectivity index (χ1v) is 6.62. The van der Waals surface area contributed by atoms with Gasteiger partial charge in [-0.15, -0.1) is 0 Å². The highest BCUT2D eigenvalue weighted by molar-refractivity contribution is 6.31. The van der Waals surface area contributed by atoms with Crippen molar-refractivity contribution >= 4 is 22.6 Å². The van der Waals surface area contributed by atoms with Gasteiger partial charge in [0.1, 0.15) is 23.3 Å². The zero-order valence-electron chi connectivity index (χ0n) is 10.5. The molecule has 1 aromatic heterocycles. The molecular formula is C16H12ClFO2. The van der Waals surface area contributed by atoms with E-state index in [1.54, 1.807) is 12.1 Å². The lowest BCUT2D eigenvalue weighted by Gasteiger charge is -2.10. The molecule has 0 aliphatic heterocycles. The van der Waals surface area contributed by atoms with Crippen LogP contribution in [-0.2, 0) is 6.42 Å². The van der Waals surface area contributed by atoms with E-state index in [1.807, 2.05) is 24.3 Å². The molecule has 0 fully saturated rings. The van der Waals surface area contributed by atoms with Crippen molar-refractivity contribution in [2.75, 3.05) is 0 Å². The number of para-hydroxylation sites is 1. The van der Waals surface area contributed by atoms with E-state index in [2.05, 4.69) is 0 Å². The molecular weight excluding hydrogens is 279 g/mol. The van der Waals surface area contributed by atoms with Gasteiger partial charge >= 0.3 is 0 Å². The highest BCUT2D eigenvalue weighted by atomic mass is 35.5. The quantitative estimate of drug-likeness (QED) is 0.770. The lowest BCUT2D eigenvalue weighted by Crippen LogP contribution is -2.03. The summed E-state index contributed by atoms with van der Waals surface area (Å²) in [5.74, 6) is -0.0156. The van der Waals surface area contributed by atoms with E-state index in [1.165, 1.54) is 12.1 Å². The second kappa shape index (κ2) is 5.27. The standard InChI is InChI=1S/C16H12ClFO2/c17-12-5-3-6-13(18)11(12)9-14(19)16-8-10-4-1-2-7-15(10)20-16/h1-8,14,19H,9H2. The Kier molecular flexibility index (Phi) is 3.47. The molecule has 2 aromatic carbocycles. The van der Waals surface area contributed by atoms with E-state index in [9.17, 15) is 9.50 Å². The van der Waals surface area contributed by atoms with Gasteiger partial charge in [-0.05, 0) is 24.3 Å². The number of aliphatic hydroxyl groups is 1. The molecule has 0 bridgehead atoms. The smallest absolute Gasteiger partial charge is 0.134 e. The summed E-state index contributed by atoms with van der Waals surface area (Å²) in [5.41, 5.74) is 0.989. The molecule has 0 radical (unpaired) electrons. The molecule has 2 nitrogen and oxygen atoms in total. The van der Waals surface area contributed by atoms with Crippen LogP contribution >= 0.6 is 11.6 Å². The highest BCUT2D eigenvalue weighted by Gasteiger charge is 2.17. The van der Waals surface area contributed by atoms with Crippen LogP contribution in [0.1, 0.15) is 17.4 Å². The molecule has 1 heterocycles. The molecule has 0 amide bonds. The van der Waals surface area contributed by atoms with Crippen molar-refractivity contribution in [3.63, 3.8) is 0 Å². The SMILES string of the molecule is OC(Cc1c(F)cccc1Cl)c1cc2ccccc2o1. The van der Waals surface area contributed by atoms with Gasteiger partial charge in [0.25, 0.3) is 0 Å². The largest absolute Gasteiger partial charge is 0.458 e. The van der Waals surface area contributed by atoms with Gasteiger partial charge in [0, 0.05) is 22.4 Å². The van der Waals surface area contributed by atoms with Crippen molar-refractivity contribution in [2.45, 2.75) is 12.5 Å². The van der Waals surface area contributed by atoms with Crippen LogP contribution in [0.3, 0.4) is 0 Å². The highest BCUT2D eigenvalue weighted by Crippen LogP contribution is 2.29. The van der Waals surface area contributed by atoms with Gasteiger partial charge in [-0.3, -0.25) is 0 Å². The zero-order chi connectivity index (χ0) is 14.1. The minimum Gasteiger partial charge on any atom is -0.458 e. The number of fused-ring (bicyclic) bond motifs is 1. The van der Waals surface area contributed by atoms with Gasteiger partial charge < -0.3 is 9.52 Å². The monoisotopic (exact) mass is 290 g/mol. The number of aliphatic hydroxyl groups excluding tert-OH is 1. The Morgan fingerprint density at radius 2 is 1.95 bits per heavy atom. The number of furan rings is 1. The minimum absolute atomic E-state index is 0.0747. The molecule has 0 spiro atoms. The Morgan fingerprint density at radius 3 is 2.70 bits per heavy atom. The summed E-state index contributed by atoms with van der Waals surface area (Å²) in [6, 6.07) is 13.7. The normalized spacial score (nSPS) is 12.8. The van der Waals surface area contributed by atoms with Crippen molar-refractivity contribution in [1.82, 2.24) is 0 Å². The van der Waals surface area contributed by atoms with E-state index in [0.29, 0.717) is 21.9 Å². The van der Waals surface area contributed by atoms with Crippen LogP contribution in [0.4, 0.5) is 4.39 Å². The fourth-order valence-electron chi connectivity index (χ4n) is 2.19. The van der Waals surface area contributed by atoms with Crippen LogP contribution in [0.2, 0.25) is 5.02 Å².